The van der Waals surface area contributed by atoms with Crippen LogP contribution >= 0.6 is 11.3 Å². The number of carboxylic acid groups (broad SMARTS) is 1. The van der Waals surface area contributed by atoms with Crippen LogP contribution in [0.4, 0.5) is 5.82 Å². The minimum Gasteiger partial charge on any atom is -0.477 e. The van der Waals surface area contributed by atoms with E-state index in [9.17, 15) is 15.0 Å². The predicted molar refractivity (Wildman–Crippen MR) is 83.1 cm³/mol. The fourth-order valence-corrected chi connectivity index (χ4v) is 2.81. The summed E-state index contributed by atoms with van der Waals surface area (Å²) < 4.78 is 0. The molecule has 0 aliphatic carbocycles. The quantitative estimate of drug-likeness (QED) is 0.803. The highest BCUT2D eigenvalue weighted by Gasteiger charge is 2.36. The topological polar surface area (TPSA) is 95.3 Å². The normalized spacial score (nSPS) is 12.7. The van der Waals surface area contributed by atoms with Gasteiger partial charge < -0.3 is 15.5 Å². The molecule has 2 aromatic heterocycles. The Morgan fingerprint density at radius 2 is 1.90 bits per heavy atom. The van der Waals surface area contributed by atoms with Crippen molar-refractivity contribution < 1.29 is 15.0 Å². The van der Waals surface area contributed by atoms with Gasteiger partial charge in [-0.1, -0.05) is 0 Å². The molecule has 0 aliphatic rings. The van der Waals surface area contributed by atoms with Crippen molar-refractivity contribution in [3.05, 3.63) is 16.8 Å². The molecular weight excluding hydrogens is 290 g/mol. The number of nitrogens with one attached hydrogen (secondary N) is 1. The third kappa shape index (κ3) is 2.71. The van der Waals surface area contributed by atoms with Crippen molar-refractivity contribution in [3.63, 3.8) is 0 Å². The monoisotopic (exact) mass is 309 g/mol. The summed E-state index contributed by atoms with van der Waals surface area (Å²) in [5.41, 5.74) is -0.993. The van der Waals surface area contributed by atoms with Gasteiger partial charge in [-0.25, -0.2) is 14.8 Å². The van der Waals surface area contributed by atoms with Gasteiger partial charge in [0.05, 0.1) is 16.5 Å². The Kier molecular flexibility index (Phi) is 3.67. The molecule has 0 bridgehead atoms. The van der Waals surface area contributed by atoms with Crippen LogP contribution in [0.3, 0.4) is 0 Å². The van der Waals surface area contributed by atoms with E-state index in [1.54, 1.807) is 20.8 Å². The first kappa shape index (κ1) is 15.7. The summed E-state index contributed by atoms with van der Waals surface area (Å²) in [5, 5.41) is 23.4. The molecule has 0 amide bonds. The first-order chi connectivity index (χ1) is 9.54. The Morgan fingerprint density at radius 3 is 2.43 bits per heavy atom. The van der Waals surface area contributed by atoms with Crippen LogP contribution in [0.1, 0.15) is 42.9 Å². The number of hydrogen-bond donors (Lipinski definition) is 3. The smallest absolute Gasteiger partial charge is 0.346 e. The van der Waals surface area contributed by atoms with Gasteiger partial charge in [0.15, 0.2) is 0 Å². The zero-order chi connectivity index (χ0) is 16.0. The van der Waals surface area contributed by atoms with Crippen molar-refractivity contribution in [2.45, 2.75) is 45.8 Å². The maximum atomic E-state index is 11.2. The van der Waals surface area contributed by atoms with Crippen molar-refractivity contribution >= 4 is 33.3 Å². The van der Waals surface area contributed by atoms with Crippen molar-refractivity contribution in [1.29, 1.82) is 0 Å². The summed E-state index contributed by atoms with van der Waals surface area (Å²) in [6.45, 7) is 8.89. The molecule has 0 spiro atoms. The van der Waals surface area contributed by atoms with Gasteiger partial charge in [0.2, 0.25) is 0 Å². The molecular formula is C14H19N3O3S. The second-order valence-corrected chi connectivity index (χ2v) is 7.07. The Hall–Kier alpha value is -1.73. The average Bonchev–Trinajstić information content (AvgIpc) is 2.66. The van der Waals surface area contributed by atoms with E-state index >= 15 is 0 Å². The number of aromatic carboxylic acids is 1. The van der Waals surface area contributed by atoms with Crippen LogP contribution in [0, 0.1) is 6.92 Å². The maximum absolute atomic E-state index is 11.2. The first-order valence-corrected chi connectivity index (χ1v) is 7.34. The minimum absolute atomic E-state index is 0.259. The van der Waals surface area contributed by atoms with E-state index in [4.69, 9.17) is 0 Å². The van der Waals surface area contributed by atoms with Crippen molar-refractivity contribution in [1.82, 2.24) is 9.97 Å². The van der Waals surface area contributed by atoms with Gasteiger partial charge in [-0.05, 0) is 40.2 Å². The summed E-state index contributed by atoms with van der Waals surface area (Å²) in [6, 6.07) is 0. The fraction of sp³-hybridized carbons (Fsp3) is 0.500. The van der Waals surface area contributed by atoms with Crippen LogP contribution in [-0.2, 0) is 0 Å². The molecule has 0 saturated carbocycles. The van der Waals surface area contributed by atoms with Gasteiger partial charge in [-0.2, -0.15) is 0 Å². The number of aryl methyl sites for hydroxylation is 1. The number of aromatic nitrogens is 2. The van der Waals surface area contributed by atoms with Crippen molar-refractivity contribution in [2.24, 2.45) is 0 Å². The molecule has 0 unspecified atom stereocenters. The number of aliphatic hydroxyl groups is 1. The van der Waals surface area contributed by atoms with Gasteiger partial charge in [-0.3, -0.25) is 0 Å². The molecule has 0 aliphatic heterocycles. The second kappa shape index (κ2) is 4.92. The lowest BCUT2D eigenvalue weighted by molar-refractivity contribution is 0.0239. The van der Waals surface area contributed by atoms with Gasteiger partial charge in [0.25, 0.3) is 0 Å². The highest BCUT2D eigenvalue weighted by Crippen LogP contribution is 2.35. The van der Waals surface area contributed by atoms with Crippen LogP contribution in [0.15, 0.2) is 6.33 Å². The average molecular weight is 309 g/mol. The molecule has 21 heavy (non-hydrogen) atoms. The van der Waals surface area contributed by atoms with Gasteiger partial charge in [0.1, 0.15) is 21.9 Å². The van der Waals surface area contributed by atoms with Crippen molar-refractivity contribution in [3.8, 4) is 0 Å². The van der Waals surface area contributed by atoms with Crippen LogP contribution in [-0.4, -0.2) is 37.3 Å². The molecule has 3 N–H and O–H groups in total. The Balaban J connectivity index is 2.58. The fourth-order valence-electron chi connectivity index (χ4n) is 1.82. The van der Waals surface area contributed by atoms with E-state index in [0.29, 0.717) is 21.6 Å². The summed E-state index contributed by atoms with van der Waals surface area (Å²) in [5.74, 6) is -0.434. The third-order valence-corrected chi connectivity index (χ3v) is 5.07. The molecule has 0 radical (unpaired) electrons. The summed E-state index contributed by atoms with van der Waals surface area (Å²) in [7, 11) is 0. The van der Waals surface area contributed by atoms with E-state index < -0.39 is 17.1 Å². The molecule has 7 heteroatoms. The number of fused-ring (bicyclic) bond motifs is 1. The van der Waals surface area contributed by atoms with Crippen molar-refractivity contribution in [2.75, 3.05) is 5.32 Å². The Labute approximate surface area is 126 Å². The zero-order valence-electron chi connectivity index (χ0n) is 12.7. The van der Waals surface area contributed by atoms with E-state index in [1.165, 1.54) is 6.33 Å². The van der Waals surface area contributed by atoms with Crippen LogP contribution in [0.2, 0.25) is 0 Å². The van der Waals surface area contributed by atoms with Gasteiger partial charge in [0, 0.05) is 0 Å². The molecule has 0 aromatic carbocycles. The van der Waals surface area contributed by atoms with E-state index in [1.807, 2.05) is 13.8 Å². The number of carbonyl (C=O) groups is 1. The largest absolute Gasteiger partial charge is 0.477 e. The predicted octanol–water partition coefficient (Wildman–Crippen LogP) is 2.66. The summed E-state index contributed by atoms with van der Waals surface area (Å²) >= 11 is 1.13. The number of carboxylic acids is 1. The van der Waals surface area contributed by atoms with Gasteiger partial charge >= 0.3 is 5.97 Å². The van der Waals surface area contributed by atoms with Gasteiger partial charge in [-0.15, -0.1) is 11.3 Å². The van der Waals surface area contributed by atoms with E-state index in [0.717, 1.165) is 11.3 Å². The van der Waals surface area contributed by atoms with Crippen LogP contribution in [0.5, 0.6) is 0 Å². The lowest BCUT2D eigenvalue weighted by Gasteiger charge is -2.38. The lowest BCUT2D eigenvalue weighted by Crippen LogP contribution is -2.51. The highest BCUT2D eigenvalue weighted by molar-refractivity contribution is 7.20. The molecule has 2 heterocycles. The lowest BCUT2D eigenvalue weighted by atomic mass is 9.86. The molecule has 114 valence electrons. The number of thiophene rings is 1. The molecule has 0 fully saturated rings. The van der Waals surface area contributed by atoms with Crippen LogP contribution < -0.4 is 5.32 Å². The molecule has 0 saturated heterocycles. The highest BCUT2D eigenvalue weighted by atomic mass is 32.1. The van der Waals surface area contributed by atoms with E-state index in [2.05, 4.69) is 15.3 Å². The van der Waals surface area contributed by atoms with Crippen LogP contribution in [0.25, 0.3) is 10.2 Å². The number of nitrogens with zero attached hydrogens (tertiary/aromatic N) is 2. The Morgan fingerprint density at radius 1 is 1.29 bits per heavy atom. The number of hydrogen-bond acceptors (Lipinski definition) is 6. The maximum Gasteiger partial charge on any atom is 0.346 e. The first-order valence-electron chi connectivity index (χ1n) is 6.52. The number of rotatable bonds is 4. The summed E-state index contributed by atoms with van der Waals surface area (Å²) in [6.07, 6.45) is 1.40. The second-order valence-electron chi connectivity index (χ2n) is 6.07. The molecule has 0 atom stereocenters. The molecule has 2 rings (SSSR count). The molecule has 2 aromatic rings. The standard InChI is InChI=1S/C14H19N3O3S/c1-7-8-10(17-13(2,3)14(4,5)20)15-6-16-11(8)21-9(7)12(18)19/h6,20H,1-5H3,(H,18,19)(H,15,16,17). The number of anilines is 1. The third-order valence-electron chi connectivity index (χ3n) is 3.88. The minimum atomic E-state index is -0.982. The van der Waals surface area contributed by atoms with E-state index in [-0.39, 0.29) is 4.88 Å². The summed E-state index contributed by atoms with van der Waals surface area (Å²) in [4.78, 5) is 20.5. The zero-order valence-corrected chi connectivity index (χ0v) is 13.5. The Bertz CT molecular complexity index is 701. The molecule has 6 nitrogen and oxygen atoms in total. The SMILES string of the molecule is Cc1c(C(=O)O)sc2ncnc(NC(C)(C)C(C)(C)O)c12.